The van der Waals surface area contributed by atoms with E-state index in [4.69, 9.17) is 4.74 Å². The largest absolute Gasteiger partial charge is 0.496 e. The second kappa shape index (κ2) is 6.67. The molecule has 1 unspecified atom stereocenters. The minimum absolute atomic E-state index is 0.643. The SMILES string of the molecule is COc1ccccc1-c1[pH]c2ccccc2c1-c1c(C)cc(C)cc1C. The van der Waals surface area contributed by atoms with Gasteiger partial charge in [0.15, 0.2) is 0 Å². The molecule has 1 nitrogen and oxygen atoms in total. The molecular weight excluding hydrogens is 335 g/mol. The molecule has 0 aliphatic carbocycles. The van der Waals surface area contributed by atoms with Crippen LogP contribution in [-0.4, -0.2) is 7.11 Å². The number of ether oxygens (including phenoxy) is 1. The summed E-state index contributed by atoms with van der Waals surface area (Å²) < 4.78 is 5.69. The molecular formula is C24H23OP. The summed E-state index contributed by atoms with van der Waals surface area (Å²) in [5, 5.41) is 4.17. The lowest BCUT2D eigenvalue weighted by atomic mass is 9.90. The van der Waals surface area contributed by atoms with Gasteiger partial charge < -0.3 is 4.74 Å². The Balaban J connectivity index is 2.12. The van der Waals surface area contributed by atoms with Crippen LogP contribution in [0.25, 0.3) is 32.5 Å². The van der Waals surface area contributed by atoms with Gasteiger partial charge in [-0.15, -0.1) is 8.19 Å². The van der Waals surface area contributed by atoms with E-state index >= 15 is 0 Å². The second-order valence-corrected chi connectivity index (χ2v) is 8.18. The van der Waals surface area contributed by atoms with Crippen LogP contribution in [0.5, 0.6) is 5.75 Å². The molecule has 0 saturated carbocycles. The van der Waals surface area contributed by atoms with Crippen LogP contribution in [0.2, 0.25) is 0 Å². The molecule has 0 fully saturated rings. The van der Waals surface area contributed by atoms with Crippen LogP contribution in [0.1, 0.15) is 16.7 Å². The Morgan fingerprint density at radius 3 is 2.15 bits per heavy atom. The Bertz CT molecular complexity index is 1080. The van der Waals surface area contributed by atoms with Crippen LogP contribution in [0.3, 0.4) is 0 Å². The third-order valence-corrected chi connectivity index (χ3v) is 6.48. The first kappa shape index (κ1) is 16.9. The fourth-order valence-electron chi connectivity index (χ4n) is 4.03. The molecule has 2 heteroatoms. The number of hydrogen-bond acceptors (Lipinski definition) is 1. The molecule has 26 heavy (non-hydrogen) atoms. The zero-order valence-corrected chi connectivity index (χ0v) is 16.7. The van der Waals surface area contributed by atoms with Gasteiger partial charge in [0.1, 0.15) is 5.75 Å². The van der Waals surface area contributed by atoms with Gasteiger partial charge in [-0.05, 0) is 54.0 Å². The van der Waals surface area contributed by atoms with Crippen LogP contribution in [0.15, 0.2) is 60.7 Å². The Hall–Kier alpha value is -2.50. The maximum atomic E-state index is 5.69. The summed E-state index contributed by atoms with van der Waals surface area (Å²) >= 11 is 0. The van der Waals surface area contributed by atoms with Gasteiger partial charge in [-0.2, -0.15) is 0 Å². The molecule has 0 spiro atoms. The molecule has 0 radical (unpaired) electrons. The van der Waals surface area contributed by atoms with E-state index in [0.717, 1.165) is 5.75 Å². The lowest BCUT2D eigenvalue weighted by Gasteiger charge is -2.15. The van der Waals surface area contributed by atoms with Gasteiger partial charge >= 0.3 is 0 Å². The third kappa shape index (κ3) is 2.73. The first-order chi connectivity index (χ1) is 12.6. The van der Waals surface area contributed by atoms with E-state index in [2.05, 4.69) is 75.4 Å². The highest BCUT2D eigenvalue weighted by molar-refractivity contribution is 7.41. The predicted molar refractivity (Wildman–Crippen MR) is 115 cm³/mol. The van der Waals surface area contributed by atoms with E-state index in [1.165, 1.54) is 49.2 Å². The molecule has 1 atom stereocenters. The zero-order valence-electron chi connectivity index (χ0n) is 15.7. The maximum absolute atomic E-state index is 5.69. The highest BCUT2D eigenvalue weighted by atomic mass is 31.0. The lowest BCUT2D eigenvalue weighted by molar-refractivity contribution is 0.416. The van der Waals surface area contributed by atoms with Crippen molar-refractivity contribution < 1.29 is 4.74 Å². The van der Waals surface area contributed by atoms with E-state index in [1.807, 2.05) is 6.07 Å². The molecule has 3 aromatic carbocycles. The minimum atomic E-state index is 0.643. The number of benzene rings is 3. The van der Waals surface area contributed by atoms with Gasteiger partial charge in [0, 0.05) is 16.4 Å². The Morgan fingerprint density at radius 1 is 0.769 bits per heavy atom. The van der Waals surface area contributed by atoms with Gasteiger partial charge in [-0.25, -0.2) is 0 Å². The van der Waals surface area contributed by atoms with Gasteiger partial charge in [0.05, 0.1) is 7.11 Å². The van der Waals surface area contributed by atoms with Crippen LogP contribution < -0.4 is 4.74 Å². The summed E-state index contributed by atoms with van der Waals surface area (Å²) in [5.41, 5.74) is 7.95. The van der Waals surface area contributed by atoms with Crippen molar-refractivity contribution in [2.75, 3.05) is 7.11 Å². The van der Waals surface area contributed by atoms with Crippen molar-refractivity contribution in [1.82, 2.24) is 0 Å². The van der Waals surface area contributed by atoms with Crippen molar-refractivity contribution >= 4 is 18.7 Å². The summed E-state index contributed by atoms with van der Waals surface area (Å²) in [5.74, 6) is 0.947. The van der Waals surface area contributed by atoms with E-state index in [9.17, 15) is 0 Å². The Labute approximate surface area is 156 Å². The average Bonchev–Trinajstić information content (AvgIpc) is 3.00. The zero-order chi connectivity index (χ0) is 18.3. The van der Waals surface area contributed by atoms with Crippen LogP contribution in [-0.2, 0) is 0 Å². The molecule has 0 amide bonds. The summed E-state index contributed by atoms with van der Waals surface area (Å²) in [7, 11) is 2.40. The van der Waals surface area contributed by atoms with Gasteiger partial charge in [-0.1, -0.05) is 60.2 Å². The first-order valence-electron chi connectivity index (χ1n) is 8.92. The smallest absolute Gasteiger partial charge is 0.127 e. The van der Waals surface area contributed by atoms with Gasteiger partial charge in [0.2, 0.25) is 0 Å². The topological polar surface area (TPSA) is 9.23 Å². The number of para-hydroxylation sites is 1. The second-order valence-electron chi connectivity index (χ2n) is 6.89. The van der Waals surface area contributed by atoms with Crippen LogP contribution in [0.4, 0.5) is 0 Å². The Morgan fingerprint density at radius 2 is 1.42 bits per heavy atom. The highest BCUT2D eigenvalue weighted by Gasteiger charge is 2.19. The fourth-order valence-corrected chi connectivity index (χ4v) is 5.55. The van der Waals surface area contributed by atoms with Crippen molar-refractivity contribution in [3.8, 4) is 27.7 Å². The number of aryl methyl sites for hydroxylation is 3. The van der Waals surface area contributed by atoms with E-state index in [0.29, 0.717) is 8.19 Å². The lowest BCUT2D eigenvalue weighted by Crippen LogP contribution is -1.92. The number of hydrogen-bond donors (Lipinski definition) is 0. The molecule has 0 saturated heterocycles. The summed E-state index contributed by atoms with van der Waals surface area (Å²) in [6.45, 7) is 6.63. The standard InChI is InChI=1S/C24H23OP/c1-15-13-16(2)22(17(3)14-15)23-19-10-6-8-12-21(19)26-24(23)18-9-5-7-11-20(18)25-4/h5-14,26H,1-4H3. The Kier molecular flexibility index (Phi) is 4.34. The number of methoxy groups -OCH3 is 1. The van der Waals surface area contributed by atoms with Gasteiger partial charge in [-0.3, -0.25) is 0 Å². The van der Waals surface area contributed by atoms with Gasteiger partial charge in [0.25, 0.3) is 0 Å². The van der Waals surface area contributed by atoms with Crippen molar-refractivity contribution in [3.63, 3.8) is 0 Å². The molecule has 130 valence electrons. The molecule has 0 N–H and O–H groups in total. The molecule has 1 aromatic heterocycles. The summed E-state index contributed by atoms with van der Waals surface area (Å²) in [6, 6.07) is 21.8. The molecule has 4 aromatic rings. The summed E-state index contributed by atoms with van der Waals surface area (Å²) in [4.78, 5) is 0. The normalized spacial score (nSPS) is 11.4. The minimum Gasteiger partial charge on any atom is -0.496 e. The quantitative estimate of drug-likeness (QED) is 0.378. The molecule has 0 aliphatic heterocycles. The van der Waals surface area contributed by atoms with Crippen molar-refractivity contribution in [2.24, 2.45) is 0 Å². The van der Waals surface area contributed by atoms with E-state index < -0.39 is 0 Å². The van der Waals surface area contributed by atoms with Crippen molar-refractivity contribution in [2.45, 2.75) is 20.8 Å². The fraction of sp³-hybridized carbons (Fsp3) is 0.167. The monoisotopic (exact) mass is 358 g/mol. The van der Waals surface area contributed by atoms with Crippen LogP contribution in [0, 0.1) is 20.8 Å². The number of fused-ring (bicyclic) bond motifs is 1. The van der Waals surface area contributed by atoms with Crippen molar-refractivity contribution in [1.29, 1.82) is 0 Å². The molecule has 1 heterocycles. The molecule has 0 aliphatic rings. The highest BCUT2D eigenvalue weighted by Crippen LogP contribution is 2.51. The first-order valence-corrected chi connectivity index (χ1v) is 9.92. The predicted octanol–water partition coefficient (Wildman–Crippen LogP) is 7.14. The maximum Gasteiger partial charge on any atom is 0.127 e. The van der Waals surface area contributed by atoms with Crippen molar-refractivity contribution in [3.05, 3.63) is 77.4 Å². The average molecular weight is 358 g/mol. The van der Waals surface area contributed by atoms with E-state index in [-0.39, 0.29) is 0 Å². The van der Waals surface area contributed by atoms with E-state index in [1.54, 1.807) is 7.11 Å². The van der Waals surface area contributed by atoms with Crippen LogP contribution >= 0.6 is 8.19 Å². The number of rotatable bonds is 3. The molecule has 0 bridgehead atoms. The third-order valence-electron chi connectivity index (χ3n) is 5.01. The molecule has 4 rings (SSSR count). The summed E-state index contributed by atoms with van der Waals surface area (Å²) in [6.07, 6.45) is 0.